The first-order chi connectivity index (χ1) is 15.8. The molecule has 1 heterocycles. The second kappa shape index (κ2) is 8.42. The molecule has 1 aromatic heterocycles. The van der Waals surface area contributed by atoms with Crippen LogP contribution < -0.4 is 5.32 Å². The Kier molecular flexibility index (Phi) is 5.71. The molecule has 4 saturated carbocycles. The van der Waals surface area contributed by atoms with Crippen LogP contribution in [0.5, 0.6) is 0 Å². The van der Waals surface area contributed by atoms with Crippen LogP contribution in [0.1, 0.15) is 61.6 Å². The average Bonchev–Trinajstić information content (AvgIpc) is 3.12. The van der Waals surface area contributed by atoms with Crippen LogP contribution in [0.25, 0.3) is 11.3 Å². The van der Waals surface area contributed by atoms with Gasteiger partial charge in [-0.3, -0.25) is 4.79 Å². The fourth-order valence-corrected chi connectivity index (χ4v) is 7.11. The lowest BCUT2D eigenvalue weighted by atomic mass is 9.48. The van der Waals surface area contributed by atoms with E-state index in [0.29, 0.717) is 0 Å². The molecule has 1 atom stereocenters. The number of nitrogens with zero attached hydrogens (tertiary/aromatic N) is 1. The van der Waals surface area contributed by atoms with Crippen molar-refractivity contribution in [3.8, 4) is 11.3 Å². The molecule has 176 valence electrons. The lowest BCUT2D eigenvalue weighted by Gasteiger charge is -2.59. The van der Waals surface area contributed by atoms with Crippen molar-refractivity contribution in [3.05, 3.63) is 40.4 Å². The molecule has 4 aliphatic rings. The first-order valence-electron chi connectivity index (χ1n) is 11.6. The lowest BCUT2D eigenvalue weighted by Crippen LogP contribution is -2.56. The molecule has 1 amide bonds. The molecule has 8 heteroatoms. The van der Waals surface area contributed by atoms with Crippen molar-refractivity contribution in [3.63, 3.8) is 0 Å². The average molecular weight is 475 g/mol. The van der Waals surface area contributed by atoms with E-state index in [1.54, 1.807) is 0 Å². The van der Waals surface area contributed by atoms with Gasteiger partial charge in [0.2, 0.25) is 0 Å². The van der Waals surface area contributed by atoms with E-state index in [9.17, 15) is 14.0 Å². The van der Waals surface area contributed by atoms with E-state index in [0.717, 1.165) is 17.8 Å². The van der Waals surface area contributed by atoms with Crippen molar-refractivity contribution < 1.29 is 23.2 Å². The summed E-state index contributed by atoms with van der Waals surface area (Å²) in [5.74, 6) is 0.742. The van der Waals surface area contributed by atoms with E-state index in [1.165, 1.54) is 63.6 Å². The highest BCUT2D eigenvalue weighted by Crippen LogP contribution is 2.61. The topological polar surface area (TPSA) is 81.4 Å². The van der Waals surface area contributed by atoms with Gasteiger partial charge in [0.05, 0.1) is 10.6 Å². The largest absolute Gasteiger partial charge is 0.452 e. The summed E-state index contributed by atoms with van der Waals surface area (Å²) < 4.78 is 24.8. The Bertz CT molecular complexity index is 1040. The molecular weight excluding hydrogens is 447 g/mol. The van der Waals surface area contributed by atoms with Gasteiger partial charge < -0.3 is 14.6 Å². The van der Waals surface area contributed by atoms with Crippen LogP contribution in [0, 0.1) is 35.9 Å². The number of benzene rings is 1. The molecule has 0 spiro atoms. The SMILES string of the molecule is Cc1onc(-c2c(F)cccc2Cl)c1C(=O)OCC(=O)N[C@H](C)C12CC3CC(CC(C3)C1)C2. The molecule has 4 bridgehead atoms. The van der Waals surface area contributed by atoms with Crippen molar-refractivity contribution >= 4 is 23.5 Å². The van der Waals surface area contributed by atoms with E-state index in [1.807, 2.05) is 0 Å². The molecule has 33 heavy (non-hydrogen) atoms. The van der Waals surface area contributed by atoms with Crippen molar-refractivity contribution in [2.75, 3.05) is 6.61 Å². The van der Waals surface area contributed by atoms with Crippen molar-refractivity contribution in [2.45, 2.75) is 58.4 Å². The van der Waals surface area contributed by atoms with E-state index in [2.05, 4.69) is 17.4 Å². The Balaban J connectivity index is 1.24. The number of carbonyl (C=O) groups is 2. The predicted octanol–water partition coefficient (Wildman–Crippen LogP) is 5.32. The number of aryl methyl sites for hydroxylation is 1. The summed E-state index contributed by atoms with van der Waals surface area (Å²) in [7, 11) is 0. The fourth-order valence-electron chi connectivity index (χ4n) is 6.85. The maximum Gasteiger partial charge on any atom is 0.344 e. The zero-order chi connectivity index (χ0) is 23.3. The van der Waals surface area contributed by atoms with Crippen LogP contribution in [-0.4, -0.2) is 29.7 Å². The molecule has 6 nitrogen and oxygen atoms in total. The number of hydrogen-bond donors (Lipinski definition) is 1. The minimum absolute atomic E-state index is 0.0298. The first-order valence-corrected chi connectivity index (χ1v) is 12.0. The third-order valence-electron chi connectivity index (χ3n) is 7.98. The minimum atomic E-state index is -0.805. The van der Waals surface area contributed by atoms with Crippen LogP contribution in [0.15, 0.2) is 22.7 Å². The number of amides is 1. The second-order valence-corrected chi connectivity index (χ2v) is 10.6. The van der Waals surface area contributed by atoms with Gasteiger partial charge >= 0.3 is 5.97 Å². The van der Waals surface area contributed by atoms with Gasteiger partial charge in [-0.15, -0.1) is 0 Å². The molecule has 2 aromatic rings. The van der Waals surface area contributed by atoms with Gasteiger partial charge in [-0.1, -0.05) is 22.8 Å². The molecule has 1 aromatic carbocycles. The van der Waals surface area contributed by atoms with Gasteiger partial charge in [0.15, 0.2) is 6.61 Å². The van der Waals surface area contributed by atoms with Crippen LogP contribution in [0.2, 0.25) is 5.02 Å². The monoisotopic (exact) mass is 474 g/mol. The summed E-state index contributed by atoms with van der Waals surface area (Å²) >= 11 is 6.13. The number of carbonyl (C=O) groups excluding carboxylic acids is 2. The normalized spacial score (nSPS) is 28.5. The summed E-state index contributed by atoms with van der Waals surface area (Å²) in [4.78, 5) is 25.4. The summed E-state index contributed by atoms with van der Waals surface area (Å²) in [5.41, 5.74) is 0.0450. The molecule has 0 unspecified atom stereocenters. The summed E-state index contributed by atoms with van der Waals surface area (Å²) in [5, 5.41) is 6.99. The first kappa shape index (κ1) is 22.4. The van der Waals surface area contributed by atoms with E-state index in [-0.39, 0.29) is 45.0 Å². The number of esters is 1. The third-order valence-corrected chi connectivity index (χ3v) is 8.30. The maximum atomic E-state index is 14.4. The molecule has 0 aliphatic heterocycles. The number of halogens is 2. The Morgan fingerprint density at radius 3 is 2.48 bits per heavy atom. The smallest absolute Gasteiger partial charge is 0.344 e. The predicted molar refractivity (Wildman–Crippen MR) is 120 cm³/mol. The van der Waals surface area contributed by atoms with Crippen LogP contribution in [0.3, 0.4) is 0 Å². The summed E-state index contributed by atoms with van der Waals surface area (Å²) in [6, 6.07) is 4.21. The van der Waals surface area contributed by atoms with E-state index >= 15 is 0 Å². The standard InChI is InChI=1S/C25H28ClFN2O4/c1-13-21(23(29-33-13)22-18(26)4-3-5-19(22)27)24(31)32-12-20(30)28-14(2)25-9-15-6-16(10-25)8-17(7-15)11-25/h3-5,14-17H,6-12H2,1-2H3,(H,28,30)/t14-,15?,16?,17?,25?/m1/s1. The van der Waals surface area contributed by atoms with Crippen molar-refractivity contribution in [2.24, 2.45) is 23.2 Å². The quantitative estimate of drug-likeness (QED) is 0.573. The van der Waals surface area contributed by atoms with Crippen LogP contribution >= 0.6 is 11.6 Å². The highest BCUT2D eigenvalue weighted by molar-refractivity contribution is 6.33. The Morgan fingerprint density at radius 1 is 1.24 bits per heavy atom. The number of nitrogens with one attached hydrogen (secondary N) is 1. The van der Waals surface area contributed by atoms with E-state index in [4.69, 9.17) is 20.9 Å². The number of aromatic nitrogens is 1. The van der Waals surface area contributed by atoms with Crippen molar-refractivity contribution in [1.82, 2.24) is 10.5 Å². The van der Waals surface area contributed by atoms with Crippen molar-refractivity contribution in [1.29, 1.82) is 0 Å². The summed E-state index contributed by atoms with van der Waals surface area (Å²) in [6.45, 7) is 3.18. The molecule has 4 fully saturated rings. The molecule has 0 radical (unpaired) electrons. The van der Waals surface area contributed by atoms with Crippen LogP contribution in [-0.2, 0) is 9.53 Å². The lowest BCUT2D eigenvalue weighted by molar-refractivity contribution is -0.128. The fraction of sp³-hybridized carbons (Fsp3) is 0.560. The highest BCUT2D eigenvalue weighted by Gasteiger charge is 2.53. The third kappa shape index (κ3) is 4.05. The Morgan fingerprint density at radius 2 is 1.88 bits per heavy atom. The minimum Gasteiger partial charge on any atom is -0.452 e. The molecule has 0 saturated heterocycles. The number of ether oxygens (including phenoxy) is 1. The van der Waals surface area contributed by atoms with E-state index < -0.39 is 18.4 Å². The molecule has 1 N–H and O–H groups in total. The highest BCUT2D eigenvalue weighted by atomic mass is 35.5. The Hall–Kier alpha value is -2.41. The zero-order valence-electron chi connectivity index (χ0n) is 18.8. The second-order valence-electron chi connectivity index (χ2n) is 10.2. The van der Waals surface area contributed by atoms with Gasteiger partial charge in [-0.25, -0.2) is 9.18 Å². The Labute approximate surface area is 197 Å². The van der Waals surface area contributed by atoms with Gasteiger partial charge in [-0.05, 0) is 87.7 Å². The molecule has 4 aliphatic carbocycles. The molecular formula is C25H28ClFN2O4. The summed E-state index contributed by atoms with van der Waals surface area (Å²) in [6.07, 6.45) is 7.53. The zero-order valence-corrected chi connectivity index (χ0v) is 19.6. The van der Waals surface area contributed by atoms with Gasteiger partial charge in [-0.2, -0.15) is 0 Å². The van der Waals surface area contributed by atoms with Crippen LogP contribution in [0.4, 0.5) is 4.39 Å². The van der Waals surface area contributed by atoms with Gasteiger partial charge in [0.1, 0.15) is 22.8 Å². The van der Waals surface area contributed by atoms with Gasteiger partial charge in [0.25, 0.3) is 5.91 Å². The van der Waals surface area contributed by atoms with Gasteiger partial charge in [0, 0.05) is 6.04 Å². The number of hydrogen-bond acceptors (Lipinski definition) is 5. The maximum absolute atomic E-state index is 14.4. The molecule has 6 rings (SSSR count). The number of rotatable bonds is 6.